The summed E-state index contributed by atoms with van der Waals surface area (Å²) in [4.78, 5) is 23.9. The largest absolute Gasteiger partial charge is 0.455 e. The average molecular weight is 441 g/mol. The number of hydrogen-bond acceptors (Lipinski definition) is 6. The lowest BCUT2D eigenvalue weighted by atomic mass is 9.98. The van der Waals surface area contributed by atoms with Crippen molar-refractivity contribution in [3.63, 3.8) is 0 Å². The van der Waals surface area contributed by atoms with Gasteiger partial charge in [0.1, 0.15) is 5.75 Å². The minimum absolute atomic E-state index is 0.118. The summed E-state index contributed by atoms with van der Waals surface area (Å²) in [5.74, 6) is -1.94. The van der Waals surface area contributed by atoms with E-state index in [0.29, 0.717) is 12.8 Å². The number of ether oxygens (including phenoxy) is 2. The van der Waals surface area contributed by atoms with Crippen molar-refractivity contribution in [1.29, 1.82) is 0 Å². The van der Waals surface area contributed by atoms with E-state index in [0.717, 1.165) is 6.26 Å². The standard InChI is InChI=1S/C16H19ClF2N2O6S/c1-28(24,25)21-6-4-10(5-7-21)15(23)26-9-14(22)20-11-2-3-13(12(17)8-11)27-16(18)19/h2-3,8,10,16H,4-7,9H2,1H3,(H,20,22). The average Bonchev–Trinajstić information content (AvgIpc) is 2.61. The molecule has 0 spiro atoms. The number of nitrogens with zero attached hydrogens (tertiary/aromatic N) is 1. The van der Waals surface area contributed by atoms with Gasteiger partial charge in [-0.3, -0.25) is 9.59 Å². The van der Waals surface area contributed by atoms with E-state index >= 15 is 0 Å². The van der Waals surface area contributed by atoms with Gasteiger partial charge in [-0.2, -0.15) is 8.78 Å². The lowest BCUT2D eigenvalue weighted by Crippen LogP contribution is -2.40. The van der Waals surface area contributed by atoms with E-state index in [9.17, 15) is 26.8 Å². The van der Waals surface area contributed by atoms with Gasteiger partial charge < -0.3 is 14.8 Å². The molecular weight excluding hydrogens is 422 g/mol. The maximum atomic E-state index is 12.2. The van der Waals surface area contributed by atoms with Crippen LogP contribution in [0.3, 0.4) is 0 Å². The molecule has 1 N–H and O–H groups in total. The topological polar surface area (TPSA) is 102 Å². The first kappa shape index (κ1) is 22.3. The summed E-state index contributed by atoms with van der Waals surface area (Å²) in [5, 5.41) is 2.30. The Morgan fingerprint density at radius 2 is 1.96 bits per heavy atom. The number of benzene rings is 1. The van der Waals surface area contributed by atoms with E-state index in [-0.39, 0.29) is 29.5 Å². The molecule has 0 aliphatic carbocycles. The quantitative estimate of drug-likeness (QED) is 0.651. The number of halogens is 3. The van der Waals surface area contributed by atoms with Crippen molar-refractivity contribution in [2.24, 2.45) is 5.92 Å². The predicted octanol–water partition coefficient (Wildman–Crippen LogP) is 2.09. The fourth-order valence-corrected chi connectivity index (χ4v) is 3.74. The number of esters is 1. The summed E-state index contributed by atoms with van der Waals surface area (Å²) in [7, 11) is -3.29. The molecule has 12 heteroatoms. The minimum atomic E-state index is -3.29. The fourth-order valence-electron chi connectivity index (χ4n) is 2.64. The Labute approximate surface area is 165 Å². The van der Waals surface area contributed by atoms with Gasteiger partial charge in [0.05, 0.1) is 17.2 Å². The van der Waals surface area contributed by atoms with Gasteiger partial charge in [0.15, 0.2) is 6.61 Å². The van der Waals surface area contributed by atoms with Gasteiger partial charge in [0.2, 0.25) is 10.0 Å². The van der Waals surface area contributed by atoms with E-state index in [1.54, 1.807) is 0 Å². The van der Waals surface area contributed by atoms with Gasteiger partial charge in [-0.15, -0.1) is 0 Å². The second-order valence-corrected chi connectivity index (χ2v) is 8.51. The zero-order valence-electron chi connectivity index (χ0n) is 14.9. The molecular formula is C16H19ClF2N2O6S. The fraction of sp³-hybridized carbons (Fsp3) is 0.500. The Hall–Kier alpha value is -1.98. The van der Waals surface area contributed by atoms with Crippen LogP contribution in [0.5, 0.6) is 5.75 Å². The smallest absolute Gasteiger partial charge is 0.387 e. The minimum Gasteiger partial charge on any atom is -0.455 e. The molecule has 0 radical (unpaired) electrons. The second-order valence-electron chi connectivity index (χ2n) is 6.12. The van der Waals surface area contributed by atoms with Crippen molar-refractivity contribution in [3.05, 3.63) is 23.2 Å². The van der Waals surface area contributed by atoms with Crippen LogP contribution in [0.4, 0.5) is 14.5 Å². The van der Waals surface area contributed by atoms with Gasteiger partial charge in [-0.05, 0) is 31.0 Å². The molecule has 1 aliphatic heterocycles. The molecule has 1 aliphatic rings. The van der Waals surface area contributed by atoms with Crippen molar-refractivity contribution >= 4 is 39.2 Å². The third-order valence-electron chi connectivity index (χ3n) is 4.03. The zero-order valence-corrected chi connectivity index (χ0v) is 16.4. The Morgan fingerprint density at radius 1 is 1.32 bits per heavy atom. The molecule has 1 amide bonds. The van der Waals surface area contributed by atoms with Crippen LogP contribution in [0.15, 0.2) is 18.2 Å². The molecule has 0 unspecified atom stereocenters. The number of sulfonamides is 1. The SMILES string of the molecule is CS(=O)(=O)N1CCC(C(=O)OCC(=O)Nc2ccc(OC(F)F)c(Cl)c2)CC1. The number of carbonyl (C=O) groups is 2. The van der Waals surface area contributed by atoms with Crippen molar-refractivity contribution in [2.75, 3.05) is 31.3 Å². The van der Waals surface area contributed by atoms with E-state index in [1.807, 2.05) is 0 Å². The van der Waals surface area contributed by atoms with Gasteiger partial charge in [-0.25, -0.2) is 12.7 Å². The molecule has 8 nitrogen and oxygen atoms in total. The predicted molar refractivity (Wildman–Crippen MR) is 96.8 cm³/mol. The van der Waals surface area contributed by atoms with Gasteiger partial charge in [0.25, 0.3) is 5.91 Å². The highest BCUT2D eigenvalue weighted by Gasteiger charge is 2.30. The third-order valence-corrected chi connectivity index (χ3v) is 5.63. The summed E-state index contributed by atoms with van der Waals surface area (Å²) in [6, 6.07) is 3.70. The summed E-state index contributed by atoms with van der Waals surface area (Å²) in [5.41, 5.74) is 0.217. The number of anilines is 1. The third kappa shape index (κ3) is 6.57. The molecule has 0 bridgehead atoms. The molecule has 1 heterocycles. The molecule has 2 rings (SSSR count). The van der Waals surface area contributed by atoms with E-state index in [2.05, 4.69) is 10.1 Å². The van der Waals surface area contributed by atoms with Gasteiger partial charge in [-0.1, -0.05) is 11.6 Å². The normalized spacial score (nSPS) is 16.0. The van der Waals surface area contributed by atoms with Crippen LogP contribution in [0, 0.1) is 5.92 Å². The Bertz CT molecular complexity index is 828. The van der Waals surface area contributed by atoms with Crippen molar-refractivity contribution in [3.8, 4) is 5.75 Å². The Balaban J connectivity index is 1.79. The number of hydrogen-bond donors (Lipinski definition) is 1. The highest BCUT2D eigenvalue weighted by molar-refractivity contribution is 7.88. The number of amides is 1. The summed E-state index contributed by atoms with van der Waals surface area (Å²) in [6.45, 7) is -3.13. The van der Waals surface area contributed by atoms with E-state index in [4.69, 9.17) is 16.3 Å². The zero-order chi connectivity index (χ0) is 20.9. The molecule has 0 aromatic heterocycles. The van der Waals surface area contributed by atoms with Crippen molar-refractivity contribution in [2.45, 2.75) is 19.5 Å². The van der Waals surface area contributed by atoms with Gasteiger partial charge in [0, 0.05) is 18.8 Å². The molecule has 1 aromatic carbocycles. The number of piperidine rings is 1. The molecule has 1 aromatic rings. The number of rotatable bonds is 7. The summed E-state index contributed by atoms with van der Waals surface area (Å²) < 4.78 is 57.7. The van der Waals surface area contributed by atoms with Crippen LogP contribution >= 0.6 is 11.6 Å². The van der Waals surface area contributed by atoms with Crippen LogP contribution in [0.25, 0.3) is 0 Å². The lowest BCUT2D eigenvalue weighted by molar-refractivity contribution is -0.152. The van der Waals surface area contributed by atoms with Crippen molar-refractivity contribution < 1.29 is 36.3 Å². The van der Waals surface area contributed by atoms with Crippen molar-refractivity contribution in [1.82, 2.24) is 4.31 Å². The van der Waals surface area contributed by atoms with E-state index in [1.165, 1.54) is 22.5 Å². The maximum absolute atomic E-state index is 12.2. The summed E-state index contributed by atoms with van der Waals surface area (Å²) in [6.07, 6.45) is 1.73. The molecule has 0 atom stereocenters. The first-order valence-electron chi connectivity index (χ1n) is 8.22. The van der Waals surface area contributed by atoms with Crippen LogP contribution in [-0.4, -0.2) is 57.2 Å². The van der Waals surface area contributed by atoms with Crippen LogP contribution in [-0.2, 0) is 24.3 Å². The molecule has 1 fully saturated rings. The monoisotopic (exact) mass is 440 g/mol. The van der Waals surface area contributed by atoms with Crippen LogP contribution < -0.4 is 10.1 Å². The number of alkyl halides is 2. The molecule has 1 saturated heterocycles. The molecule has 156 valence electrons. The highest BCUT2D eigenvalue weighted by atomic mass is 35.5. The Kier molecular flexibility index (Phi) is 7.55. The molecule has 0 saturated carbocycles. The van der Waals surface area contributed by atoms with E-state index < -0.39 is 41.0 Å². The second kappa shape index (κ2) is 9.48. The Morgan fingerprint density at radius 3 is 2.50 bits per heavy atom. The number of carbonyl (C=O) groups excluding carboxylic acids is 2. The molecule has 28 heavy (non-hydrogen) atoms. The highest BCUT2D eigenvalue weighted by Crippen LogP contribution is 2.29. The lowest BCUT2D eigenvalue weighted by Gasteiger charge is -2.28. The number of nitrogens with one attached hydrogen (secondary N) is 1. The summed E-state index contributed by atoms with van der Waals surface area (Å²) >= 11 is 5.79. The first-order valence-corrected chi connectivity index (χ1v) is 10.4. The first-order chi connectivity index (χ1) is 13.1. The van der Waals surface area contributed by atoms with Crippen LogP contribution in [0.1, 0.15) is 12.8 Å². The van der Waals surface area contributed by atoms with Crippen LogP contribution in [0.2, 0.25) is 5.02 Å². The van der Waals surface area contributed by atoms with Gasteiger partial charge >= 0.3 is 12.6 Å². The maximum Gasteiger partial charge on any atom is 0.387 e.